The first-order chi connectivity index (χ1) is 10.5. The van der Waals surface area contributed by atoms with Gasteiger partial charge in [0, 0.05) is 12.5 Å². The molecule has 0 heterocycles. The van der Waals surface area contributed by atoms with Crippen molar-refractivity contribution >= 4 is 15.9 Å². The zero-order chi connectivity index (χ0) is 16.0. The van der Waals surface area contributed by atoms with E-state index in [0.29, 0.717) is 6.42 Å². The van der Waals surface area contributed by atoms with Crippen molar-refractivity contribution < 1.29 is 13.2 Å². The van der Waals surface area contributed by atoms with E-state index in [4.69, 9.17) is 5.84 Å². The van der Waals surface area contributed by atoms with Gasteiger partial charge in [0.1, 0.15) is 0 Å². The van der Waals surface area contributed by atoms with Gasteiger partial charge in [-0.1, -0.05) is 31.4 Å². The fourth-order valence-electron chi connectivity index (χ4n) is 2.67. The zero-order valence-electron chi connectivity index (χ0n) is 12.5. The highest BCUT2D eigenvalue weighted by molar-refractivity contribution is 7.89. The molecule has 1 saturated carbocycles. The van der Waals surface area contributed by atoms with Crippen LogP contribution in [0.5, 0.6) is 0 Å². The fraction of sp³-hybridized carbons (Fsp3) is 0.533. The largest absolute Gasteiger partial charge is 0.294 e. The Balaban J connectivity index is 1.97. The first-order valence-corrected chi connectivity index (χ1v) is 9.10. The molecule has 0 unspecified atom stereocenters. The van der Waals surface area contributed by atoms with Crippen molar-refractivity contribution in [2.45, 2.75) is 55.9 Å². The smallest absolute Gasteiger partial charge is 0.240 e. The summed E-state index contributed by atoms with van der Waals surface area (Å²) in [6, 6.07) is 6.69. The molecule has 22 heavy (non-hydrogen) atoms. The van der Waals surface area contributed by atoms with Gasteiger partial charge in [-0.2, -0.15) is 0 Å². The van der Waals surface area contributed by atoms with Gasteiger partial charge in [0.2, 0.25) is 15.9 Å². The second-order valence-electron chi connectivity index (χ2n) is 5.67. The van der Waals surface area contributed by atoms with Crippen molar-refractivity contribution in [3.8, 4) is 0 Å². The number of carbonyl (C=O) groups is 1. The maximum absolute atomic E-state index is 12.3. The number of hydrazine groups is 1. The van der Waals surface area contributed by atoms with Crippen molar-refractivity contribution in [2.75, 3.05) is 0 Å². The van der Waals surface area contributed by atoms with Gasteiger partial charge < -0.3 is 0 Å². The molecule has 2 rings (SSSR count). The van der Waals surface area contributed by atoms with E-state index in [9.17, 15) is 13.2 Å². The number of aryl methyl sites for hydroxylation is 1. The number of hydrogen-bond donors (Lipinski definition) is 3. The number of nitrogens with two attached hydrogens (primary N) is 1. The third-order valence-electron chi connectivity index (χ3n) is 3.96. The van der Waals surface area contributed by atoms with E-state index in [-0.39, 0.29) is 23.3 Å². The number of benzene rings is 1. The molecule has 1 aromatic rings. The van der Waals surface area contributed by atoms with Crippen LogP contribution in [-0.2, 0) is 21.2 Å². The third kappa shape index (κ3) is 4.79. The molecular formula is C15H23N3O3S. The van der Waals surface area contributed by atoms with Crippen LogP contribution in [0.15, 0.2) is 29.2 Å². The molecule has 0 atom stereocenters. The second-order valence-corrected chi connectivity index (χ2v) is 7.38. The Bertz CT molecular complexity index is 593. The Morgan fingerprint density at radius 2 is 1.77 bits per heavy atom. The Morgan fingerprint density at radius 3 is 2.36 bits per heavy atom. The summed E-state index contributed by atoms with van der Waals surface area (Å²) in [5, 5.41) is 0. The lowest BCUT2D eigenvalue weighted by Crippen LogP contribution is -2.36. The normalized spacial score (nSPS) is 16.4. The number of rotatable bonds is 6. The van der Waals surface area contributed by atoms with E-state index in [1.165, 1.54) is 6.42 Å². The van der Waals surface area contributed by atoms with Gasteiger partial charge in [0.05, 0.1) is 4.90 Å². The Morgan fingerprint density at radius 1 is 1.14 bits per heavy atom. The number of nitrogens with one attached hydrogen (secondary N) is 2. The average Bonchev–Trinajstić information content (AvgIpc) is 2.53. The molecule has 7 heteroatoms. The summed E-state index contributed by atoms with van der Waals surface area (Å²) in [4.78, 5) is 11.4. The molecule has 0 aromatic heterocycles. The molecule has 0 aliphatic heterocycles. The second kappa shape index (κ2) is 7.71. The number of hydrogen-bond acceptors (Lipinski definition) is 4. The minimum Gasteiger partial charge on any atom is -0.294 e. The molecule has 1 aromatic carbocycles. The maximum atomic E-state index is 12.3. The summed E-state index contributed by atoms with van der Waals surface area (Å²) in [5.41, 5.74) is 2.97. The molecule has 1 amide bonds. The van der Waals surface area contributed by atoms with Crippen molar-refractivity contribution in [3.63, 3.8) is 0 Å². The molecule has 0 spiro atoms. The molecule has 6 nitrogen and oxygen atoms in total. The summed E-state index contributed by atoms with van der Waals surface area (Å²) in [6.07, 6.45) is 5.97. The number of amides is 1. The SMILES string of the molecule is NNC(=O)CCc1ccc(S(=O)(=O)NC2CCCCC2)cc1. The number of carbonyl (C=O) groups excluding carboxylic acids is 1. The fourth-order valence-corrected chi connectivity index (χ4v) is 3.98. The van der Waals surface area contributed by atoms with Crippen LogP contribution in [0, 0.1) is 0 Å². The third-order valence-corrected chi connectivity index (χ3v) is 5.50. The molecule has 1 aliphatic carbocycles. The van der Waals surface area contributed by atoms with E-state index < -0.39 is 10.0 Å². The van der Waals surface area contributed by atoms with E-state index in [1.807, 2.05) is 0 Å². The molecule has 122 valence electrons. The molecule has 1 fully saturated rings. The predicted octanol–water partition coefficient (Wildman–Crippen LogP) is 1.22. The van der Waals surface area contributed by atoms with Crippen molar-refractivity contribution in [1.82, 2.24) is 10.1 Å². The monoisotopic (exact) mass is 325 g/mol. The van der Waals surface area contributed by atoms with Crippen LogP contribution in [0.4, 0.5) is 0 Å². The lowest BCUT2D eigenvalue weighted by molar-refractivity contribution is -0.121. The van der Waals surface area contributed by atoms with Gasteiger partial charge in [-0.25, -0.2) is 19.0 Å². The highest BCUT2D eigenvalue weighted by Gasteiger charge is 2.21. The van der Waals surface area contributed by atoms with Gasteiger partial charge >= 0.3 is 0 Å². The zero-order valence-corrected chi connectivity index (χ0v) is 13.4. The highest BCUT2D eigenvalue weighted by Crippen LogP contribution is 2.20. The van der Waals surface area contributed by atoms with Crippen LogP contribution in [0.2, 0.25) is 0 Å². The summed E-state index contributed by atoms with van der Waals surface area (Å²) >= 11 is 0. The first-order valence-electron chi connectivity index (χ1n) is 7.62. The van der Waals surface area contributed by atoms with Gasteiger partial charge in [0.25, 0.3) is 0 Å². The summed E-state index contributed by atoms with van der Waals surface area (Å²) in [6.45, 7) is 0. The van der Waals surface area contributed by atoms with Crippen LogP contribution in [0.3, 0.4) is 0 Å². The lowest BCUT2D eigenvalue weighted by Gasteiger charge is -2.22. The quantitative estimate of drug-likeness (QED) is 0.416. The molecule has 0 bridgehead atoms. The van der Waals surface area contributed by atoms with Crippen molar-refractivity contribution in [1.29, 1.82) is 0 Å². The lowest BCUT2D eigenvalue weighted by atomic mass is 9.96. The molecule has 4 N–H and O–H groups in total. The minimum absolute atomic E-state index is 0.0478. The molecule has 1 aliphatic rings. The predicted molar refractivity (Wildman–Crippen MR) is 84.3 cm³/mol. The van der Waals surface area contributed by atoms with Crippen LogP contribution in [0.25, 0.3) is 0 Å². The summed E-state index contributed by atoms with van der Waals surface area (Å²) < 4.78 is 27.4. The maximum Gasteiger partial charge on any atom is 0.240 e. The van der Waals surface area contributed by atoms with Crippen LogP contribution < -0.4 is 16.0 Å². The van der Waals surface area contributed by atoms with Crippen LogP contribution in [0.1, 0.15) is 44.1 Å². The van der Waals surface area contributed by atoms with E-state index in [1.54, 1.807) is 24.3 Å². The Labute approximate surface area is 131 Å². The Kier molecular flexibility index (Phi) is 5.93. The highest BCUT2D eigenvalue weighted by atomic mass is 32.2. The molecule has 0 radical (unpaired) electrons. The molecule has 0 saturated heterocycles. The van der Waals surface area contributed by atoms with Crippen molar-refractivity contribution in [3.05, 3.63) is 29.8 Å². The van der Waals surface area contributed by atoms with Gasteiger partial charge in [-0.3, -0.25) is 10.2 Å². The molecular weight excluding hydrogens is 302 g/mol. The topological polar surface area (TPSA) is 101 Å². The van der Waals surface area contributed by atoms with Crippen molar-refractivity contribution in [2.24, 2.45) is 5.84 Å². The van der Waals surface area contributed by atoms with E-state index >= 15 is 0 Å². The number of sulfonamides is 1. The van der Waals surface area contributed by atoms with Gasteiger partial charge in [-0.05, 0) is 37.0 Å². The first kappa shape index (κ1) is 16.9. The van der Waals surface area contributed by atoms with E-state index in [2.05, 4.69) is 10.1 Å². The van der Waals surface area contributed by atoms with Gasteiger partial charge in [-0.15, -0.1) is 0 Å². The van der Waals surface area contributed by atoms with E-state index in [0.717, 1.165) is 31.2 Å². The Hall–Kier alpha value is -1.44. The minimum atomic E-state index is -3.46. The van der Waals surface area contributed by atoms with Crippen LogP contribution in [-0.4, -0.2) is 20.4 Å². The standard InChI is InChI=1S/C15H23N3O3S/c16-17-15(19)11-8-12-6-9-14(10-7-12)22(20,21)18-13-4-2-1-3-5-13/h6-7,9-10,13,18H,1-5,8,11,16H2,(H,17,19). The average molecular weight is 325 g/mol. The van der Waals surface area contributed by atoms with Crippen LogP contribution >= 0.6 is 0 Å². The summed E-state index contributed by atoms with van der Waals surface area (Å²) in [5.74, 6) is 4.78. The van der Waals surface area contributed by atoms with Gasteiger partial charge in [0.15, 0.2) is 0 Å². The summed E-state index contributed by atoms with van der Waals surface area (Å²) in [7, 11) is -3.46.